The van der Waals surface area contributed by atoms with Crippen molar-refractivity contribution in [1.29, 1.82) is 0 Å². The van der Waals surface area contributed by atoms with Gasteiger partial charge >= 0.3 is 6.11 Å². The lowest BCUT2D eigenvalue weighted by atomic mass is 9.79. The Labute approximate surface area is 169 Å². The molecule has 1 saturated carbocycles. The Morgan fingerprint density at radius 1 is 0.867 bits per heavy atom. The van der Waals surface area contributed by atoms with Crippen molar-refractivity contribution < 1.29 is 35.5 Å². The molecule has 30 heavy (non-hydrogen) atoms. The summed E-state index contributed by atoms with van der Waals surface area (Å²) in [5.41, 5.74) is -1.09. The van der Waals surface area contributed by atoms with Crippen LogP contribution in [0.4, 0.5) is 30.7 Å². The molecule has 0 spiro atoms. The Kier molecular flexibility index (Phi) is 6.62. The lowest BCUT2D eigenvalue weighted by Crippen LogP contribution is -2.37. The van der Waals surface area contributed by atoms with Gasteiger partial charge in [0.05, 0.1) is 5.92 Å². The van der Waals surface area contributed by atoms with E-state index in [4.69, 9.17) is 0 Å². The highest BCUT2D eigenvalue weighted by Gasteiger charge is 2.44. The minimum absolute atomic E-state index is 0.216. The lowest BCUT2D eigenvalue weighted by Gasteiger charge is -2.33. The second-order valence-corrected chi connectivity index (χ2v) is 7.66. The van der Waals surface area contributed by atoms with Crippen LogP contribution >= 0.6 is 0 Å². The Bertz CT molecular complexity index is 882. The maximum Gasteiger partial charge on any atom is 0.400 e. The molecule has 0 amide bonds. The van der Waals surface area contributed by atoms with Crippen LogP contribution in [-0.2, 0) is 0 Å². The van der Waals surface area contributed by atoms with Crippen LogP contribution < -0.4 is 4.74 Å². The van der Waals surface area contributed by atoms with Gasteiger partial charge in [-0.1, -0.05) is 19.8 Å². The topological polar surface area (TPSA) is 9.23 Å². The summed E-state index contributed by atoms with van der Waals surface area (Å²) in [6.07, 6.45) is -0.0855. The largest absolute Gasteiger partial charge is 0.429 e. The molecule has 0 bridgehead atoms. The van der Waals surface area contributed by atoms with Crippen molar-refractivity contribution in [2.45, 2.75) is 51.6 Å². The molecule has 2 aromatic rings. The quantitative estimate of drug-likeness (QED) is 0.336. The zero-order valence-corrected chi connectivity index (χ0v) is 16.3. The molecule has 0 heterocycles. The first-order valence-corrected chi connectivity index (χ1v) is 9.83. The molecule has 8 heteroatoms. The molecule has 0 aliphatic heterocycles. The highest BCUT2D eigenvalue weighted by atomic mass is 19.3. The molecule has 1 nitrogen and oxygen atoms in total. The number of halogens is 7. The van der Waals surface area contributed by atoms with Crippen LogP contribution in [0.2, 0.25) is 0 Å². The minimum atomic E-state index is -3.69. The van der Waals surface area contributed by atoms with Crippen molar-refractivity contribution in [3.05, 3.63) is 53.4 Å². The van der Waals surface area contributed by atoms with Gasteiger partial charge in [0.2, 0.25) is 5.82 Å². The summed E-state index contributed by atoms with van der Waals surface area (Å²) in [5.74, 6) is -10.0. The molecular weight excluding hydrogens is 413 g/mol. The van der Waals surface area contributed by atoms with Gasteiger partial charge in [-0.05, 0) is 61.4 Å². The fourth-order valence-electron chi connectivity index (χ4n) is 3.97. The number of benzene rings is 2. The van der Waals surface area contributed by atoms with E-state index in [1.165, 1.54) is 0 Å². The third-order valence-corrected chi connectivity index (χ3v) is 5.61. The standard InChI is InChI=1S/C22H21F7O/c1-2-3-12-4-6-14(7-5-12)22(28,29)30-18-9-8-15(19(25)21(18)27)13-10-16(23)20(26)17(24)11-13/h8-12,14H,2-7H2,1H3. The summed E-state index contributed by atoms with van der Waals surface area (Å²) in [4.78, 5) is 0. The van der Waals surface area contributed by atoms with Crippen LogP contribution in [0.5, 0.6) is 5.75 Å². The van der Waals surface area contributed by atoms with Crippen molar-refractivity contribution in [1.82, 2.24) is 0 Å². The molecule has 1 fully saturated rings. The van der Waals surface area contributed by atoms with Crippen LogP contribution in [0.25, 0.3) is 11.1 Å². The van der Waals surface area contributed by atoms with Gasteiger partial charge in [0, 0.05) is 5.56 Å². The van der Waals surface area contributed by atoms with E-state index in [2.05, 4.69) is 4.74 Å². The molecule has 0 atom stereocenters. The van der Waals surface area contributed by atoms with Gasteiger partial charge in [0.1, 0.15) is 0 Å². The van der Waals surface area contributed by atoms with E-state index in [1.807, 2.05) is 6.92 Å². The van der Waals surface area contributed by atoms with Gasteiger partial charge < -0.3 is 4.74 Å². The highest BCUT2D eigenvalue weighted by Crippen LogP contribution is 2.42. The van der Waals surface area contributed by atoms with E-state index in [9.17, 15) is 30.7 Å². The Morgan fingerprint density at radius 2 is 1.47 bits per heavy atom. The third-order valence-electron chi connectivity index (χ3n) is 5.61. The van der Waals surface area contributed by atoms with E-state index >= 15 is 0 Å². The molecular formula is C22H21F7O. The van der Waals surface area contributed by atoms with Crippen molar-refractivity contribution in [3.8, 4) is 16.9 Å². The van der Waals surface area contributed by atoms with E-state index < -0.39 is 58.0 Å². The molecule has 2 aromatic carbocycles. The second-order valence-electron chi connectivity index (χ2n) is 7.66. The van der Waals surface area contributed by atoms with Gasteiger partial charge in [0.15, 0.2) is 29.0 Å². The fourth-order valence-corrected chi connectivity index (χ4v) is 3.97. The van der Waals surface area contributed by atoms with Crippen molar-refractivity contribution >= 4 is 0 Å². The first kappa shape index (κ1) is 22.4. The van der Waals surface area contributed by atoms with Crippen LogP contribution in [-0.4, -0.2) is 6.11 Å². The molecule has 1 aliphatic rings. The molecule has 1 aliphatic carbocycles. The summed E-state index contributed by atoms with van der Waals surface area (Å²) < 4.78 is 102. The second kappa shape index (κ2) is 8.86. The highest BCUT2D eigenvalue weighted by molar-refractivity contribution is 5.65. The van der Waals surface area contributed by atoms with Crippen molar-refractivity contribution in [2.75, 3.05) is 0 Å². The SMILES string of the molecule is CCCC1CCC(C(F)(F)Oc2ccc(-c3cc(F)c(F)c(F)c3)c(F)c2F)CC1. The average Bonchev–Trinajstić information content (AvgIpc) is 2.70. The first-order valence-electron chi connectivity index (χ1n) is 9.83. The maximum atomic E-state index is 14.5. The summed E-state index contributed by atoms with van der Waals surface area (Å²) in [5, 5.41) is 0. The summed E-state index contributed by atoms with van der Waals surface area (Å²) in [7, 11) is 0. The van der Waals surface area contributed by atoms with E-state index in [-0.39, 0.29) is 12.8 Å². The first-order chi connectivity index (χ1) is 14.1. The average molecular weight is 434 g/mol. The van der Waals surface area contributed by atoms with E-state index in [0.717, 1.165) is 25.0 Å². The number of ether oxygens (including phenoxy) is 1. The summed E-state index contributed by atoms with van der Waals surface area (Å²) in [6, 6.07) is 2.60. The Morgan fingerprint density at radius 3 is 2.03 bits per heavy atom. The van der Waals surface area contributed by atoms with E-state index in [0.29, 0.717) is 30.9 Å². The van der Waals surface area contributed by atoms with Crippen LogP contribution in [0.1, 0.15) is 45.4 Å². The lowest BCUT2D eigenvalue weighted by molar-refractivity contribution is -0.224. The summed E-state index contributed by atoms with van der Waals surface area (Å²) >= 11 is 0. The molecule has 164 valence electrons. The third kappa shape index (κ3) is 4.57. The monoisotopic (exact) mass is 434 g/mol. The predicted molar refractivity (Wildman–Crippen MR) is 97.6 cm³/mol. The van der Waals surface area contributed by atoms with Gasteiger partial charge in [-0.2, -0.15) is 13.2 Å². The number of alkyl halides is 2. The number of hydrogen-bond donors (Lipinski definition) is 0. The van der Waals surface area contributed by atoms with Gasteiger partial charge in [0.25, 0.3) is 0 Å². The van der Waals surface area contributed by atoms with Crippen molar-refractivity contribution in [3.63, 3.8) is 0 Å². The maximum absolute atomic E-state index is 14.5. The zero-order chi connectivity index (χ0) is 22.1. The van der Waals surface area contributed by atoms with Gasteiger partial charge in [-0.3, -0.25) is 0 Å². The van der Waals surface area contributed by atoms with Crippen molar-refractivity contribution in [2.24, 2.45) is 11.8 Å². The van der Waals surface area contributed by atoms with Gasteiger partial charge in [-0.15, -0.1) is 0 Å². The predicted octanol–water partition coefficient (Wildman–Crippen LogP) is 7.63. The number of rotatable bonds is 6. The molecule has 0 saturated heterocycles. The van der Waals surface area contributed by atoms with Gasteiger partial charge in [-0.25, -0.2) is 17.6 Å². The summed E-state index contributed by atoms with van der Waals surface area (Å²) in [6.45, 7) is 2.03. The van der Waals surface area contributed by atoms with Crippen LogP contribution in [0, 0.1) is 40.9 Å². The normalized spacial score (nSPS) is 19.7. The zero-order valence-electron chi connectivity index (χ0n) is 16.3. The van der Waals surface area contributed by atoms with Crippen LogP contribution in [0.3, 0.4) is 0 Å². The molecule has 3 rings (SSSR count). The number of hydrogen-bond acceptors (Lipinski definition) is 1. The molecule has 0 aromatic heterocycles. The Hall–Kier alpha value is -2.25. The van der Waals surface area contributed by atoms with E-state index in [1.54, 1.807) is 0 Å². The smallest absolute Gasteiger partial charge is 0.400 e. The Balaban J connectivity index is 1.80. The fraction of sp³-hybridized carbons (Fsp3) is 0.455. The molecule has 0 N–H and O–H groups in total. The molecule has 0 unspecified atom stereocenters. The van der Waals surface area contributed by atoms with Crippen LogP contribution in [0.15, 0.2) is 24.3 Å². The molecule has 0 radical (unpaired) electrons. The minimum Gasteiger partial charge on any atom is -0.429 e.